The van der Waals surface area contributed by atoms with Crippen molar-refractivity contribution < 1.29 is 9.47 Å². The second kappa shape index (κ2) is 6.65. The molecule has 1 N–H and O–H groups in total. The number of nitriles is 4. The second-order valence-electron chi connectivity index (χ2n) is 7.14. The molecule has 4 atom stereocenters. The van der Waals surface area contributed by atoms with Gasteiger partial charge in [-0.3, -0.25) is 5.41 Å². The Hall–Kier alpha value is -3.39. The van der Waals surface area contributed by atoms with Gasteiger partial charge in [-0.2, -0.15) is 21.0 Å². The Bertz CT molecular complexity index is 961. The van der Waals surface area contributed by atoms with E-state index in [1.165, 1.54) is 0 Å². The number of ether oxygens (including phenoxy) is 2. The standard InChI is InChI=1S/C21H19N5O2/c1-3-9-21-16(4-2)20(13-25,18(26)28-21)19(11-23,12-24)17(27-21)15-7-5-14(10-22)6-8-15/h5-8,16-17,26H,3-4,9H2,1-2H3. The van der Waals surface area contributed by atoms with Crippen LogP contribution in [0, 0.1) is 67.5 Å². The molecule has 28 heavy (non-hydrogen) atoms. The lowest BCUT2D eigenvalue weighted by Gasteiger charge is -2.49. The van der Waals surface area contributed by atoms with Gasteiger partial charge in [-0.25, -0.2) is 0 Å². The molecule has 0 saturated carbocycles. The molecule has 0 amide bonds. The van der Waals surface area contributed by atoms with Crippen molar-refractivity contribution in [3.05, 3.63) is 35.4 Å². The molecular formula is C21H19N5O2. The van der Waals surface area contributed by atoms with Crippen LogP contribution in [0.2, 0.25) is 0 Å². The van der Waals surface area contributed by atoms with E-state index in [9.17, 15) is 15.8 Å². The number of nitrogens with one attached hydrogen (secondary N) is 1. The van der Waals surface area contributed by atoms with Crippen LogP contribution >= 0.6 is 0 Å². The zero-order valence-corrected chi connectivity index (χ0v) is 15.7. The molecule has 1 aromatic carbocycles. The van der Waals surface area contributed by atoms with E-state index in [1.54, 1.807) is 24.3 Å². The fraction of sp³-hybridized carbons (Fsp3) is 0.476. The minimum absolute atomic E-state index is 0.380. The predicted molar refractivity (Wildman–Crippen MR) is 96.9 cm³/mol. The van der Waals surface area contributed by atoms with E-state index in [2.05, 4.69) is 6.07 Å². The number of hydrogen-bond donors (Lipinski definition) is 1. The van der Waals surface area contributed by atoms with Crippen molar-refractivity contribution in [2.45, 2.75) is 45.0 Å². The van der Waals surface area contributed by atoms with Gasteiger partial charge >= 0.3 is 0 Å². The maximum absolute atomic E-state index is 10.2. The summed E-state index contributed by atoms with van der Waals surface area (Å²) in [6.45, 7) is 3.78. The number of fused-ring (bicyclic) bond motifs is 2. The zero-order chi connectivity index (χ0) is 20.6. The first kappa shape index (κ1) is 19.4. The average molecular weight is 373 g/mol. The van der Waals surface area contributed by atoms with Crippen molar-refractivity contribution in [1.82, 2.24) is 0 Å². The van der Waals surface area contributed by atoms with E-state index in [0.717, 1.165) is 0 Å². The third-order valence-electron chi connectivity index (χ3n) is 5.90. The Morgan fingerprint density at radius 3 is 2.14 bits per heavy atom. The maximum atomic E-state index is 10.2. The molecule has 140 valence electrons. The summed E-state index contributed by atoms with van der Waals surface area (Å²) in [5.74, 6) is -2.24. The van der Waals surface area contributed by atoms with E-state index in [1.807, 2.05) is 32.1 Å². The van der Waals surface area contributed by atoms with Crippen molar-refractivity contribution in [1.29, 1.82) is 26.5 Å². The lowest BCUT2D eigenvalue weighted by Crippen LogP contribution is -2.59. The summed E-state index contributed by atoms with van der Waals surface area (Å²) < 4.78 is 12.2. The highest BCUT2D eigenvalue weighted by molar-refractivity contribution is 5.89. The molecule has 1 aromatic rings. The molecule has 4 unspecified atom stereocenters. The van der Waals surface area contributed by atoms with Crippen molar-refractivity contribution >= 4 is 5.90 Å². The van der Waals surface area contributed by atoms with Crippen LogP contribution < -0.4 is 0 Å². The summed E-state index contributed by atoms with van der Waals surface area (Å²) in [5.41, 5.74) is -2.77. The molecule has 0 radical (unpaired) electrons. The Morgan fingerprint density at radius 2 is 1.68 bits per heavy atom. The summed E-state index contributed by atoms with van der Waals surface area (Å²) in [6.07, 6.45) is 0.433. The van der Waals surface area contributed by atoms with Gasteiger partial charge in [0.1, 0.15) is 6.10 Å². The fourth-order valence-electron chi connectivity index (χ4n) is 4.70. The molecule has 7 heteroatoms. The van der Waals surface area contributed by atoms with Crippen molar-refractivity contribution in [3.8, 4) is 24.3 Å². The summed E-state index contributed by atoms with van der Waals surface area (Å²) in [4.78, 5) is 0. The first-order valence-electron chi connectivity index (χ1n) is 9.14. The van der Waals surface area contributed by atoms with Crippen LogP contribution in [-0.2, 0) is 9.47 Å². The van der Waals surface area contributed by atoms with Gasteiger partial charge in [-0.05, 0) is 30.5 Å². The molecule has 0 aromatic heterocycles. The quantitative estimate of drug-likeness (QED) is 0.854. The number of nitrogens with zero attached hydrogens (tertiary/aromatic N) is 4. The Labute approximate surface area is 163 Å². The van der Waals surface area contributed by atoms with Gasteiger partial charge < -0.3 is 9.47 Å². The molecule has 7 nitrogen and oxygen atoms in total. The summed E-state index contributed by atoms with van der Waals surface area (Å²) in [5, 5.41) is 48.0. The van der Waals surface area contributed by atoms with Crippen molar-refractivity contribution in [2.75, 3.05) is 0 Å². The third kappa shape index (κ3) is 2.12. The summed E-state index contributed by atoms with van der Waals surface area (Å²) in [7, 11) is 0. The average Bonchev–Trinajstić information content (AvgIpc) is 2.91. The number of benzene rings is 1. The lowest BCUT2D eigenvalue weighted by molar-refractivity contribution is -0.286. The van der Waals surface area contributed by atoms with Crippen LogP contribution in [0.1, 0.15) is 50.3 Å². The fourth-order valence-corrected chi connectivity index (χ4v) is 4.70. The highest BCUT2D eigenvalue weighted by Gasteiger charge is 2.79. The van der Waals surface area contributed by atoms with Crippen LogP contribution in [-0.4, -0.2) is 11.7 Å². The van der Waals surface area contributed by atoms with Gasteiger partial charge in [0.05, 0.1) is 35.8 Å². The first-order chi connectivity index (χ1) is 13.4. The van der Waals surface area contributed by atoms with E-state index >= 15 is 0 Å². The molecule has 3 rings (SSSR count). The highest BCUT2D eigenvalue weighted by atomic mass is 16.7. The Kier molecular flexibility index (Phi) is 4.60. The lowest BCUT2D eigenvalue weighted by atomic mass is 9.52. The molecule has 0 spiro atoms. The minimum Gasteiger partial charge on any atom is -0.447 e. The molecule has 2 aliphatic heterocycles. The summed E-state index contributed by atoms with van der Waals surface area (Å²) >= 11 is 0. The molecule has 2 aliphatic rings. The van der Waals surface area contributed by atoms with Gasteiger partial charge in [0.15, 0.2) is 5.41 Å². The maximum Gasteiger partial charge on any atom is 0.217 e. The highest BCUT2D eigenvalue weighted by Crippen LogP contribution is 2.68. The van der Waals surface area contributed by atoms with Crippen molar-refractivity contribution in [2.24, 2.45) is 16.7 Å². The van der Waals surface area contributed by atoms with E-state index in [0.29, 0.717) is 30.4 Å². The minimum atomic E-state index is -1.96. The second-order valence-corrected chi connectivity index (χ2v) is 7.14. The van der Waals surface area contributed by atoms with Gasteiger partial charge in [0.25, 0.3) is 0 Å². The SMILES string of the molecule is CCCC12OC(=N)C(C#N)(C1CC)C(C#N)(C#N)C(c1ccc(C#N)cc1)O2. The van der Waals surface area contributed by atoms with Crippen LogP contribution in [0.25, 0.3) is 0 Å². The summed E-state index contributed by atoms with van der Waals surface area (Å²) in [6, 6.07) is 14.6. The van der Waals surface area contributed by atoms with Crippen LogP contribution in [0.5, 0.6) is 0 Å². The van der Waals surface area contributed by atoms with Crippen molar-refractivity contribution in [3.63, 3.8) is 0 Å². The molecule has 2 bridgehead atoms. The van der Waals surface area contributed by atoms with E-state index in [4.69, 9.17) is 20.1 Å². The van der Waals surface area contributed by atoms with E-state index in [-0.39, 0.29) is 5.90 Å². The molecule has 2 saturated heterocycles. The van der Waals surface area contributed by atoms with Crippen LogP contribution in [0.4, 0.5) is 0 Å². The predicted octanol–water partition coefficient (Wildman–Crippen LogP) is 3.70. The largest absolute Gasteiger partial charge is 0.447 e. The van der Waals surface area contributed by atoms with Crippen LogP contribution in [0.15, 0.2) is 24.3 Å². The number of rotatable bonds is 4. The Morgan fingerprint density at radius 1 is 1.04 bits per heavy atom. The van der Waals surface area contributed by atoms with E-state index < -0.39 is 28.6 Å². The monoisotopic (exact) mass is 373 g/mol. The smallest absolute Gasteiger partial charge is 0.217 e. The number of hydrogen-bond acceptors (Lipinski definition) is 7. The van der Waals surface area contributed by atoms with Gasteiger partial charge in [-0.15, -0.1) is 0 Å². The normalized spacial score (nSPS) is 32.3. The third-order valence-corrected chi connectivity index (χ3v) is 5.90. The molecular weight excluding hydrogens is 354 g/mol. The van der Waals surface area contributed by atoms with Crippen LogP contribution in [0.3, 0.4) is 0 Å². The molecule has 0 aliphatic carbocycles. The Balaban J connectivity index is 2.31. The molecule has 2 fully saturated rings. The topological polar surface area (TPSA) is 137 Å². The zero-order valence-electron chi connectivity index (χ0n) is 15.7. The van der Waals surface area contributed by atoms with Gasteiger partial charge in [-0.1, -0.05) is 26.0 Å². The van der Waals surface area contributed by atoms with Gasteiger partial charge in [0.2, 0.25) is 17.1 Å². The first-order valence-corrected chi connectivity index (χ1v) is 9.14. The van der Waals surface area contributed by atoms with Gasteiger partial charge in [0, 0.05) is 6.42 Å². The molecule has 2 heterocycles.